The summed E-state index contributed by atoms with van der Waals surface area (Å²) in [7, 11) is 3.31. The molecule has 2 aromatic carbocycles. The van der Waals surface area contributed by atoms with E-state index in [0.29, 0.717) is 21.0 Å². The maximum Gasteiger partial charge on any atom is 0.253 e. The molecule has 0 aliphatic heterocycles. The van der Waals surface area contributed by atoms with E-state index in [1.807, 2.05) is 0 Å². The van der Waals surface area contributed by atoms with E-state index in [4.69, 9.17) is 5.73 Å². The van der Waals surface area contributed by atoms with Gasteiger partial charge in [-0.1, -0.05) is 11.8 Å². The Morgan fingerprint density at radius 3 is 2.38 bits per heavy atom. The molecule has 0 saturated carbocycles. The van der Waals surface area contributed by atoms with Gasteiger partial charge in [0.25, 0.3) is 5.91 Å². The van der Waals surface area contributed by atoms with E-state index in [9.17, 15) is 13.6 Å². The lowest BCUT2D eigenvalue weighted by molar-refractivity contribution is 0.0827. The van der Waals surface area contributed by atoms with Crippen molar-refractivity contribution < 1.29 is 13.6 Å². The molecule has 0 heterocycles. The van der Waals surface area contributed by atoms with Crippen LogP contribution in [0.15, 0.2) is 46.2 Å². The molecule has 2 rings (SSSR count). The minimum atomic E-state index is -0.905. The van der Waals surface area contributed by atoms with Crippen molar-refractivity contribution in [3.63, 3.8) is 0 Å². The zero-order valence-electron chi connectivity index (χ0n) is 11.6. The highest BCUT2D eigenvalue weighted by Gasteiger charge is 2.11. The van der Waals surface area contributed by atoms with Gasteiger partial charge in [0.05, 0.1) is 0 Å². The van der Waals surface area contributed by atoms with Crippen molar-refractivity contribution in [3.05, 3.63) is 53.6 Å². The molecule has 6 heteroatoms. The van der Waals surface area contributed by atoms with Crippen LogP contribution >= 0.6 is 11.8 Å². The number of carbonyl (C=O) groups excluding carboxylic acids is 1. The monoisotopic (exact) mass is 308 g/mol. The number of amides is 1. The largest absolute Gasteiger partial charge is 0.398 e. The predicted molar refractivity (Wildman–Crippen MR) is 79.4 cm³/mol. The van der Waals surface area contributed by atoms with Crippen LogP contribution in [0.3, 0.4) is 0 Å². The Morgan fingerprint density at radius 1 is 1.10 bits per heavy atom. The van der Waals surface area contributed by atoms with Gasteiger partial charge in [0.2, 0.25) is 0 Å². The van der Waals surface area contributed by atoms with Crippen molar-refractivity contribution in [1.29, 1.82) is 0 Å². The summed E-state index contributed by atoms with van der Waals surface area (Å²) in [6, 6.07) is 8.57. The third-order valence-electron chi connectivity index (χ3n) is 2.78. The maximum absolute atomic E-state index is 13.2. The van der Waals surface area contributed by atoms with Crippen LogP contribution in [0, 0.1) is 11.6 Å². The normalized spacial score (nSPS) is 10.5. The molecular weight excluding hydrogens is 294 g/mol. The third-order valence-corrected chi connectivity index (χ3v) is 3.86. The van der Waals surface area contributed by atoms with Crippen molar-refractivity contribution in [1.82, 2.24) is 4.90 Å². The minimum Gasteiger partial charge on any atom is -0.398 e. The number of nitrogens with zero attached hydrogens (tertiary/aromatic N) is 1. The Bertz CT molecular complexity index is 689. The molecule has 0 aliphatic rings. The smallest absolute Gasteiger partial charge is 0.253 e. The molecule has 0 radical (unpaired) electrons. The van der Waals surface area contributed by atoms with Crippen LogP contribution in [0.1, 0.15) is 10.4 Å². The fourth-order valence-corrected chi connectivity index (χ4v) is 2.57. The van der Waals surface area contributed by atoms with Gasteiger partial charge < -0.3 is 10.6 Å². The van der Waals surface area contributed by atoms with Crippen LogP contribution in [0.5, 0.6) is 0 Å². The fraction of sp³-hybridized carbons (Fsp3) is 0.133. The Labute approximate surface area is 125 Å². The van der Waals surface area contributed by atoms with E-state index < -0.39 is 11.6 Å². The van der Waals surface area contributed by atoms with Crippen LogP contribution in [0.25, 0.3) is 0 Å². The minimum absolute atomic E-state index is 0.147. The van der Waals surface area contributed by atoms with Gasteiger partial charge in [-0.2, -0.15) is 0 Å². The highest BCUT2D eigenvalue weighted by Crippen LogP contribution is 2.33. The average Bonchev–Trinajstić information content (AvgIpc) is 2.44. The van der Waals surface area contributed by atoms with Gasteiger partial charge in [0.15, 0.2) is 11.6 Å². The summed E-state index contributed by atoms with van der Waals surface area (Å²) in [5.41, 5.74) is 6.81. The molecular formula is C15H14F2N2OS. The fourth-order valence-electron chi connectivity index (χ4n) is 1.70. The topological polar surface area (TPSA) is 46.3 Å². The molecule has 0 aliphatic carbocycles. The first-order chi connectivity index (χ1) is 9.88. The Hall–Kier alpha value is -2.08. The van der Waals surface area contributed by atoms with Crippen LogP contribution in [0.2, 0.25) is 0 Å². The summed E-state index contributed by atoms with van der Waals surface area (Å²) in [5, 5.41) is 0. The SMILES string of the molecule is CN(C)C(=O)c1ccc(Sc2ccc(F)c(F)c2)c(N)c1. The number of nitrogen functional groups attached to an aromatic ring is 1. The lowest BCUT2D eigenvalue weighted by atomic mass is 10.2. The molecule has 0 spiro atoms. The van der Waals surface area contributed by atoms with Crippen molar-refractivity contribution in [2.45, 2.75) is 9.79 Å². The molecule has 2 N–H and O–H groups in total. The van der Waals surface area contributed by atoms with Crippen molar-refractivity contribution >= 4 is 23.4 Å². The van der Waals surface area contributed by atoms with E-state index in [1.165, 1.54) is 22.7 Å². The van der Waals surface area contributed by atoms with Gasteiger partial charge in [-0.15, -0.1) is 0 Å². The highest BCUT2D eigenvalue weighted by atomic mass is 32.2. The number of rotatable bonds is 3. The molecule has 0 bridgehead atoms. The molecule has 21 heavy (non-hydrogen) atoms. The molecule has 110 valence electrons. The van der Waals surface area contributed by atoms with E-state index in [-0.39, 0.29) is 5.91 Å². The lowest BCUT2D eigenvalue weighted by Crippen LogP contribution is -2.21. The zero-order chi connectivity index (χ0) is 15.6. The van der Waals surface area contributed by atoms with Crippen LogP contribution < -0.4 is 5.73 Å². The Balaban J connectivity index is 2.25. The van der Waals surface area contributed by atoms with Gasteiger partial charge in [-0.25, -0.2) is 8.78 Å². The number of anilines is 1. The first-order valence-electron chi connectivity index (χ1n) is 6.12. The Kier molecular flexibility index (Phi) is 4.47. The highest BCUT2D eigenvalue weighted by molar-refractivity contribution is 7.99. The summed E-state index contributed by atoms with van der Waals surface area (Å²) in [5.74, 6) is -1.94. The average molecular weight is 308 g/mol. The second kappa shape index (κ2) is 6.13. The van der Waals surface area contributed by atoms with Gasteiger partial charge in [0, 0.05) is 35.1 Å². The lowest BCUT2D eigenvalue weighted by Gasteiger charge is -2.12. The van der Waals surface area contributed by atoms with Crippen LogP contribution in [0.4, 0.5) is 14.5 Å². The molecule has 2 aromatic rings. The number of nitrogens with two attached hydrogens (primary N) is 1. The zero-order valence-corrected chi connectivity index (χ0v) is 12.4. The summed E-state index contributed by atoms with van der Waals surface area (Å²) in [4.78, 5) is 14.5. The number of hydrogen-bond acceptors (Lipinski definition) is 3. The van der Waals surface area contributed by atoms with Gasteiger partial charge >= 0.3 is 0 Å². The van der Waals surface area contributed by atoms with Crippen LogP contribution in [-0.2, 0) is 0 Å². The standard InChI is InChI=1S/C15H14F2N2OS/c1-19(2)15(20)9-3-6-14(13(18)7-9)21-10-4-5-11(16)12(17)8-10/h3-8H,18H2,1-2H3. The van der Waals surface area contributed by atoms with Gasteiger partial charge in [-0.3, -0.25) is 4.79 Å². The molecule has 3 nitrogen and oxygen atoms in total. The number of hydrogen-bond donors (Lipinski definition) is 1. The van der Waals surface area contributed by atoms with Crippen molar-refractivity contribution in [2.75, 3.05) is 19.8 Å². The van der Waals surface area contributed by atoms with E-state index in [2.05, 4.69) is 0 Å². The second-order valence-electron chi connectivity index (χ2n) is 4.63. The quantitative estimate of drug-likeness (QED) is 0.884. The predicted octanol–water partition coefficient (Wildman–Crippen LogP) is 3.40. The number of halogens is 2. The maximum atomic E-state index is 13.2. The molecule has 0 fully saturated rings. The molecule has 0 aromatic heterocycles. The summed E-state index contributed by atoms with van der Waals surface area (Å²) < 4.78 is 26.1. The third kappa shape index (κ3) is 3.52. The van der Waals surface area contributed by atoms with E-state index in [1.54, 1.807) is 32.3 Å². The second-order valence-corrected chi connectivity index (χ2v) is 5.75. The van der Waals surface area contributed by atoms with Gasteiger partial charge in [0.1, 0.15) is 0 Å². The summed E-state index contributed by atoms with van der Waals surface area (Å²) >= 11 is 1.21. The molecule has 0 unspecified atom stereocenters. The number of benzene rings is 2. The summed E-state index contributed by atoms with van der Waals surface area (Å²) in [6.45, 7) is 0. The van der Waals surface area contributed by atoms with Gasteiger partial charge in [-0.05, 0) is 36.4 Å². The first kappa shape index (κ1) is 15.3. The molecule has 1 amide bonds. The Morgan fingerprint density at radius 2 is 1.81 bits per heavy atom. The van der Waals surface area contributed by atoms with Crippen molar-refractivity contribution in [2.24, 2.45) is 0 Å². The summed E-state index contributed by atoms with van der Waals surface area (Å²) in [6.07, 6.45) is 0. The first-order valence-corrected chi connectivity index (χ1v) is 6.94. The van der Waals surface area contributed by atoms with Crippen LogP contribution in [-0.4, -0.2) is 24.9 Å². The van der Waals surface area contributed by atoms with E-state index >= 15 is 0 Å². The molecule has 0 atom stereocenters. The van der Waals surface area contributed by atoms with E-state index in [0.717, 1.165) is 12.1 Å². The van der Waals surface area contributed by atoms with Crippen molar-refractivity contribution in [3.8, 4) is 0 Å². The number of carbonyl (C=O) groups is 1. The molecule has 0 saturated heterocycles.